The lowest BCUT2D eigenvalue weighted by Crippen LogP contribution is -2.13. The first-order valence-corrected chi connectivity index (χ1v) is 8.08. The number of pyridine rings is 1. The molecule has 2 aromatic carbocycles. The molecule has 1 N–H and O–H groups in total. The average molecular weight is 389 g/mol. The highest BCUT2D eigenvalue weighted by molar-refractivity contribution is 9.10. The Morgan fingerprint density at radius 1 is 1.17 bits per heavy atom. The van der Waals surface area contributed by atoms with E-state index in [1.54, 1.807) is 36.5 Å². The fourth-order valence-corrected chi connectivity index (χ4v) is 2.62. The minimum absolute atomic E-state index is 0.295. The van der Waals surface area contributed by atoms with Crippen LogP contribution in [0.25, 0.3) is 10.8 Å². The molecule has 6 heteroatoms. The first kappa shape index (κ1) is 16.4. The molecular weight excluding hydrogens is 375 g/mol. The van der Waals surface area contributed by atoms with Crippen LogP contribution < -0.4 is 10.1 Å². The highest BCUT2D eigenvalue weighted by atomic mass is 79.9. The van der Waals surface area contributed by atoms with Crippen molar-refractivity contribution in [2.45, 2.75) is 13.3 Å². The molecule has 24 heavy (non-hydrogen) atoms. The maximum Gasteiger partial charge on any atom is 0.256 e. The van der Waals surface area contributed by atoms with Crippen LogP contribution in [0.1, 0.15) is 17.3 Å². The Kier molecular flexibility index (Phi) is 4.76. The number of aromatic nitrogens is 1. The van der Waals surface area contributed by atoms with Gasteiger partial charge in [0.15, 0.2) is 0 Å². The molecule has 3 rings (SSSR count). The molecule has 0 saturated heterocycles. The molecule has 0 spiro atoms. The van der Waals surface area contributed by atoms with Gasteiger partial charge in [-0.25, -0.2) is 9.37 Å². The van der Waals surface area contributed by atoms with Gasteiger partial charge >= 0.3 is 0 Å². The second-order valence-electron chi connectivity index (χ2n) is 5.20. The molecule has 0 bridgehead atoms. The fraction of sp³-hybridized carbons (Fsp3) is 0.111. The number of nitrogens with zero attached hydrogens (tertiary/aromatic N) is 1. The molecular formula is C18H14BrFN2O2. The summed E-state index contributed by atoms with van der Waals surface area (Å²) in [6, 6.07) is 13.9. The lowest BCUT2D eigenvalue weighted by molar-refractivity contribution is 0.0860. The summed E-state index contributed by atoms with van der Waals surface area (Å²) in [6.07, 6.45) is 0.308. The molecule has 1 heterocycles. The van der Waals surface area contributed by atoms with E-state index in [9.17, 15) is 9.18 Å². The van der Waals surface area contributed by atoms with Gasteiger partial charge in [0.05, 0.1) is 0 Å². The number of anilines is 1. The summed E-state index contributed by atoms with van der Waals surface area (Å²) in [6.45, 7) is 1.30. The molecule has 0 aliphatic heterocycles. The summed E-state index contributed by atoms with van der Waals surface area (Å²) in [4.78, 5) is 16.5. The van der Waals surface area contributed by atoms with Crippen molar-refractivity contribution in [2.75, 3.05) is 5.32 Å². The third kappa shape index (κ3) is 3.89. The number of carbonyl (C=O) groups is 1. The molecule has 0 aliphatic rings. The van der Waals surface area contributed by atoms with Gasteiger partial charge in [0, 0.05) is 28.5 Å². The van der Waals surface area contributed by atoms with E-state index in [0.29, 0.717) is 17.1 Å². The van der Waals surface area contributed by atoms with E-state index in [2.05, 4.69) is 26.2 Å². The van der Waals surface area contributed by atoms with Crippen molar-refractivity contribution in [1.29, 1.82) is 0 Å². The van der Waals surface area contributed by atoms with Crippen LogP contribution in [0.3, 0.4) is 0 Å². The van der Waals surface area contributed by atoms with Crippen LogP contribution in [-0.4, -0.2) is 17.2 Å². The summed E-state index contributed by atoms with van der Waals surface area (Å²) in [5, 5.41) is 4.70. The van der Waals surface area contributed by atoms with Crippen molar-refractivity contribution in [3.05, 3.63) is 64.8 Å². The Morgan fingerprint density at radius 3 is 2.62 bits per heavy atom. The number of rotatable bonds is 4. The normalized spacial score (nSPS) is 12.0. The average Bonchev–Trinajstić information content (AvgIpc) is 2.54. The Morgan fingerprint density at radius 2 is 1.92 bits per heavy atom. The zero-order chi connectivity index (χ0) is 17.1. The minimum Gasteiger partial charge on any atom is -0.461 e. The summed E-state index contributed by atoms with van der Waals surface area (Å²) in [5.74, 6) is 0.537. The first-order chi connectivity index (χ1) is 11.5. The molecule has 0 fully saturated rings. The zero-order valence-electron chi connectivity index (χ0n) is 12.8. The number of fused-ring (bicyclic) bond motifs is 1. The summed E-state index contributed by atoms with van der Waals surface area (Å²) >= 11 is 3.42. The van der Waals surface area contributed by atoms with Gasteiger partial charge in [0.1, 0.15) is 11.6 Å². The molecule has 122 valence electrons. The molecule has 0 radical (unpaired) electrons. The highest BCUT2D eigenvalue weighted by Gasteiger charge is 2.08. The lowest BCUT2D eigenvalue weighted by atomic mass is 10.1. The van der Waals surface area contributed by atoms with Crippen molar-refractivity contribution in [3.8, 4) is 5.75 Å². The number of amides is 1. The van der Waals surface area contributed by atoms with Crippen LogP contribution in [-0.2, 0) is 0 Å². The first-order valence-electron chi connectivity index (χ1n) is 7.29. The molecule has 1 unspecified atom stereocenters. The maximum atomic E-state index is 12.8. The van der Waals surface area contributed by atoms with Crippen LogP contribution in [0.2, 0.25) is 0 Å². The monoisotopic (exact) mass is 388 g/mol. The zero-order valence-corrected chi connectivity index (χ0v) is 14.4. The number of hydrogen-bond donors (Lipinski definition) is 1. The van der Waals surface area contributed by atoms with Gasteiger partial charge in [0.25, 0.3) is 5.91 Å². The van der Waals surface area contributed by atoms with Crippen molar-refractivity contribution in [1.82, 2.24) is 4.98 Å². The molecule has 4 nitrogen and oxygen atoms in total. The third-order valence-electron chi connectivity index (χ3n) is 3.34. The van der Waals surface area contributed by atoms with E-state index in [1.807, 2.05) is 18.2 Å². The van der Waals surface area contributed by atoms with Gasteiger partial charge in [-0.1, -0.05) is 22.0 Å². The van der Waals surface area contributed by atoms with E-state index in [1.165, 1.54) is 6.92 Å². The Bertz CT molecular complexity index is 882. The highest BCUT2D eigenvalue weighted by Crippen LogP contribution is 2.22. The van der Waals surface area contributed by atoms with Crippen molar-refractivity contribution in [3.63, 3.8) is 0 Å². The van der Waals surface area contributed by atoms with Gasteiger partial charge in [-0.2, -0.15) is 0 Å². The van der Waals surface area contributed by atoms with Gasteiger partial charge in [0.2, 0.25) is 6.36 Å². The molecule has 3 aromatic rings. The quantitative estimate of drug-likeness (QED) is 0.688. The Hall–Kier alpha value is -2.47. The molecule has 0 saturated carbocycles. The van der Waals surface area contributed by atoms with Crippen molar-refractivity contribution < 1.29 is 13.9 Å². The number of hydrogen-bond acceptors (Lipinski definition) is 3. The number of carbonyl (C=O) groups excluding carboxylic acids is 1. The molecule has 1 atom stereocenters. The van der Waals surface area contributed by atoms with Gasteiger partial charge in [-0.15, -0.1) is 0 Å². The SMILES string of the molecule is CC(F)Oc1ccc(C(=O)Nc2cc3cc(Br)ccc3cn2)cc1. The van der Waals surface area contributed by atoms with Crippen LogP contribution in [0, 0.1) is 0 Å². The number of nitrogens with one attached hydrogen (secondary N) is 1. The standard InChI is InChI=1S/C18H14BrFN2O2/c1-11(20)24-16-6-3-12(4-7-16)18(23)22-17-9-14-8-15(19)5-2-13(14)10-21-17/h2-11H,1H3,(H,21,22,23). The summed E-state index contributed by atoms with van der Waals surface area (Å²) in [7, 11) is 0. The van der Waals surface area contributed by atoms with E-state index < -0.39 is 6.36 Å². The lowest BCUT2D eigenvalue weighted by Gasteiger charge is -2.08. The number of benzene rings is 2. The van der Waals surface area contributed by atoms with Crippen molar-refractivity contribution in [2.24, 2.45) is 0 Å². The number of ether oxygens (including phenoxy) is 1. The number of alkyl halides is 1. The van der Waals surface area contributed by atoms with E-state index >= 15 is 0 Å². The van der Waals surface area contributed by atoms with Crippen LogP contribution >= 0.6 is 15.9 Å². The summed E-state index contributed by atoms with van der Waals surface area (Å²) < 4.78 is 18.6. The topological polar surface area (TPSA) is 51.2 Å². The maximum absolute atomic E-state index is 12.8. The van der Waals surface area contributed by atoms with E-state index in [4.69, 9.17) is 4.74 Å². The second-order valence-corrected chi connectivity index (χ2v) is 6.12. The Balaban J connectivity index is 1.76. The smallest absolute Gasteiger partial charge is 0.256 e. The Labute approximate surface area is 146 Å². The third-order valence-corrected chi connectivity index (χ3v) is 3.83. The van der Waals surface area contributed by atoms with Gasteiger partial charge < -0.3 is 10.1 Å². The number of halogens is 2. The van der Waals surface area contributed by atoms with E-state index in [-0.39, 0.29) is 5.91 Å². The predicted octanol–water partition coefficient (Wildman–Crippen LogP) is 4.94. The van der Waals surface area contributed by atoms with Gasteiger partial charge in [-0.3, -0.25) is 4.79 Å². The minimum atomic E-state index is -1.40. The molecule has 1 amide bonds. The van der Waals surface area contributed by atoms with Crippen LogP contribution in [0.5, 0.6) is 5.75 Å². The van der Waals surface area contributed by atoms with Crippen LogP contribution in [0.15, 0.2) is 59.2 Å². The second kappa shape index (κ2) is 6.97. The molecule has 1 aromatic heterocycles. The van der Waals surface area contributed by atoms with Gasteiger partial charge in [-0.05, 0) is 47.9 Å². The van der Waals surface area contributed by atoms with E-state index in [0.717, 1.165) is 15.2 Å². The predicted molar refractivity (Wildman–Crippen MR) is 95.0 cm³/mol. The summed E-state index contributed by atoms with van der Waals surface area (Å²) in [5.41, 5.74) is 0.435. The largest absolute Gasteiger partial charge is 0.461 e. The van der Waals surface area contributed by atoms with Crippen molar-refractivity contribution >= 4 is 38.4 Å². The fourth-order valence-electron chi connectivity index (χ4n) is 2.24. The molecule has 0 aliphatic carbocycles. The van der Waals surface area contributed by atoms with Crippen LogP contribution in [0.4, 0.5) is 10.2 Å².